The Kier molecular flexibility index (Phi) is 3.89. The monoisotopic (exact) mass is 328 g/mol. The number of anilines is 1. The predicted molar refractivity (Wildman–Crippen MR) is 88.2 cm³/mol. The zero-order valence-corrected chi connectivity index (χ0v) is 12.8. The molecule has 2 aromatic rings. The van der Waals surface area contributed by atoms with E-state index in [1.807, 2.05) is 6.07 Å². The highest BCUT2D eigenvalue weighted by molar-refractivity contribution is 6.50. The lowest BCUT2D eigenvalue weighted by Crippen LogP contribution is -2.20. The number of nitriles is 1. The first-order valence-electron chi connectivity index (χ1n) is 6.57. The summed E-state index contributed by atoms with van der Waals surface area (Å²) >= 11 is 12.4. The zero-order valence-electron chi connectivity index (χ0n) is 11.3. The van der Waals surface area contributed by atoms with Crippen LogP contribution in [0.25, 0.3) is 5.03 Å². The molecule has 0 radical (unpaired) electrons. The average molecular weight is 329 g/mol. The van der Waals surface area contributed by atoms with Gasteiger partial charge in [0.05, 0.1) is 6.07 Å². The van der Waals surface area contributed by atoms with E-state index < -0.39 is 6.04 Å². The number of carbonyl (C=O) groups excluding carboxylic acids is 1. The minimum Gasteiger partial charge on any atom is -0.366 e. The van der Waals surface area contributed by atoms with Gasteiger partial charge in [-0.1, -0.05) is 53.5 Å². The summed E-state index contributed by atoms with van der Waals surface area (Å²) in [4.78, 5) is 12.7. The van der Waals surface area contributed by atoms with Crippen LogP contribution in [0.1, 0.15) is 21.5 Å². The van der Waals surface area contributed by atoms with E-state index in [-0.39, 0.29) is 5.78 Å². The molecule has 3 nitrogen and oxygen atoms in total. The second kappa shape index (κ2) is 5.84. The Hall–Kier alpha value is -2.28. The first kappa shape index (κ1) is 14.6. The molecule has 0 saturated heterocycles. The van der Waals surface area contributed by atoms with Crippen molar-refractivity contribution in [3.8, 4) is 6.07 Å². The molecular weight excluding hydrogens is 319 g/mol. The van der Waals surface area contributed by atoms with E-state index in [2.05, 4.69) is 11.4 Å². The van der Waals surface area contributed by atoms with Gasteiger partial charge in [-0.3, -0.25) is 4.79 Å². The summed E-state index contributed by atoms with van der Waals surface area (Å²) in [5, 5.41) is 12.8. The topological polar surface area (TPSA) is 52.9 Å². The van der Waals surface area contributed by atoms with Crippen LogP contribution < -0.4 is 5.32 Å². The maximum Gasteiger partial charge on any atom is 0.193 e. The Labute approximate surface area is 137 Å². The molecule has 0 aliphatic carbocycles. The maximum absolute atomic E-state index is 12.7. The Morgan fingerprint density at radius 2 is 1.91 bits per heavy atom. The van der Waals surface area contributed by atoms with Gasteiger partial charge in [0, 0.05) is 32.4 Å². The van der Waals surface area contributed by atoms with Crippen LogP contribution >= 0.6 is 23.2 Å². The van der Waals surface area contributed by atoms with Crippen LogP contribution in [0.4, 0.5) is 5.69 Å². The van der Waals surface area contributed by atoms with Crippen molar-refractivity contribution >= 4 is 39.7 Å². The Bertz CT molecular complexity index is 823. The number of hydrogen-bond acceptors (Lipinski definition) is 3. The van der Waals surface area contributed by atoms with Crippen LogP contribution in [-0.2, 0) is 0 Å². The van der Waals surface area contributed by atoms with Crippen LogP contribution in [0, 0.1) is 11.3 Å². The summed E-state index contributed by atoms with van der Waals surface area (Å²) in [6.07, 6.45) is 1.58. The molecule has 0 fully saturated rings. The lowest BCUT2D eigenvalue weighted by Gasteiger charge is -2.22. The number of carbonyl (C=O) groups is 1. The molecule has 1 atom stereocenters. The maximum atomic E-state index is 12.7. The number of fused-ring (bicyclic) bond motifs is 1. The number of benzene rings is 2. The summed E-state index contributed by atoms with van der Waals surface area (Å²) in [5.74, 6) is -0.164. The van der Waals surface area contributed by atoms with Crippen molar-refractivity contribution in [2.24, 2.45) is 0 Å². The van der Waals surface area contributed by atoms with E-state index in [4.69, 9.17) is 28.5 Å². The van der Waals surface area contributed by atoms with Crippen molar-refractivity contribution in [2.75, 3.05) is 5.32 Å². The van der Waals surface area contributed by atoms with Crippen LogP contribution in [0.3, 0.4) is 0 Å². The summed E-state index contributed by atoms with van der Waals surface area (Å²) in [6, 6.07) is 13.7. The van der Waals surface area contributed by atoms with Crippen LogP contribution in [-0.4, -0.2) is 11.8 Å². The molecule has 108 valence electrons. The zero-order chi connectivity index (χ0) is 15.7. The molecular formula is C17H10Cl2N2O. The van der Waals surface area contributed by atoms with Crippen molar-refractivity contribution in [3.05, 3.63) is 70.3 Å². The van der Waals surface area contributed by atoms with Crippen molar-refractivity contribution in [1.82, 2.24) is 0 Å². The highest BCUT2D eigenvalue weighted by atomic mass is 35.5. The molecule has 1 aliphatic heterocycles. The molecule has 1 N–H and O–H groups in total. The Morgan fingerprint density at radius 1 is 1.18 bits per heavy atom. The Morgan fingerprint density at radius 3 is 2.59 bits per heavy atom. The quantitative estimate of drug-likeness (QED) is 0.827. The number of nitrogens with zero attached hydrogens (tertiary/aromatic N) is 1. The van der Waals surface area contributed by atoms with Gasteiger partial charge in [0.2, 0.25) is 0 Å². The third-order valence-electron chi connectivity index (χ3n) is 3.39. The van der Waals surface area contributed by atoms with Crippen molar-refractivity contribution < 1.29 is 4.79 Å². The smallest absolute Gasteiger partial charge is 0.193 e. The summed E-state index contributed by atoms with van der Waals surface area (Å²) in [6.45, 7) is 0. The first-order chi connectivity index (χ1) is 10.6. The third-order valence-corrected chi connectivity index (χ3v) is 3.92. The van der Waals surface area contributed by atoms with E-state index in [0.29, 0.717) is 32.4 Å². The highest BCUT2D eigenvalue weighted by Crippen LogP contribution is 2.38. The predicted octanol–water partition coefficient (Wildman–Crippen LogP) is 4.47. The standard InChI is InChI=1S/C17H10Cl2N2O/c18-11-6-13(17(22)10-4-2-1-3-5-10)16-14(19)8-12(9-20)21-15(16)7-11/h1-8,12,21H. The normalized spacial score (nSPS) is 16.0. The molecule has 0 spiro atoms. The van der Waals surface area contributed by atoms with E-state index in [0.717, 1.165) is 0 Å². The molecule has 0 saturated carbocycles. The number of nitrogens with one attached hydrogen (secondary N) is 1. The van der Waals surface area contributed by atoms with Gasteiger partial charge in [-0.25, -0.2) is 0 Å². The van der Waals surface area contributed by atoms with Gasteiger partial charge in [-0.2, -0.15) is 5.26 Å². The lowest BCUT2D eigenvalue weighted by molar-refractivity contribution is 0.103. The molecule has 1 heterocycles. The minimum atomic E-state index is -0.543. The van der Waals surface area contributed by atoms with Gasteiger partial charge in [0.25, 0.3) is 0 Å². The van der Waals surface area contributed by atoms with Gasteiger partial charge >= 0.3 is 0 Å². The van der Waals surface area contributed by atoms with E-state index in [1.165, 1.54) is 0 Å². The second-order valence-corrected chi connectivity index (χ2v) is 5.68. The molecule has 3 rings (SSSR count). The fraction of sp³-hybridized carbons (Fsp3) is 0.0588. The summed E-state index contributed by atoms with van der Waals surface area (Å²) in [7, 11) is 0. The highest BCUT2D eigenvalue weighted by Gasteiger charge is 2.24. The molecule has 1 aliphatic rings. The molecule has 0 aromatic heterocycles. The van der Waals surface area contributed by atoms with Crippen LogP contribution in [0.2, 0.25) is 5.02 Å². The van der Waals surface area contributed by atoms with Crippen molar-refractivity contribution in [1.29, 1.82) is 5.26 Å². The van der Waals surface area contributed by atoms with Crippen molar-refractivity contribution in [3.63, 3.8) is 0 Å². The lowest BCUT2D eigenvalue weighted by atomic mass is 9.94. The van der Waals surface area contributed by atoms with Gasteiger partial charge in [-0.15, -0.1) is 0 Å². The van der Waals surface area contributed by atoms with Gasteiger partial charge in [0.15, 0.2) is 5.78 Å². The van der Waals surface area contributed by atoms with E-state index >= 15 is 0 Å². The second-order valence-electron chi connectivity index (χ2n) is 4.84. The molecule has 5 heteroatoms. The van der Waals surface area contributed by atoms with E-state index in [1.54, 1.807) is 42.5 Å². The molecule has 0 bridgehead atoms. The Balaban J connectivity index is 2.17. The van der Waals surface area contributed by atoms with Gasteiger partial charge < -0.3 is 5.32 Å². The minimum absolute atomic E-state index is 0.164. The van der Waals surface area contributed by atoms with Crippen LogP contribution in [0.15, 0.2) is 48.5 Å². The number of ketones is 1. The first-order valence-corrected chi connectivity index (χ1v) is 7.33. The summed E-state index contributed by atoms with van der Waals surface area (Å²) in [5.41, 5.74) is 2.13. The van der Waals surface area contributed by atoms with E-state index in [9.17, 15) is 4.79 Å². The van der Waals surface area contributed by atoms with Gasteiger partial charge in [0.1, 0.15) is 6.04 Å². The number of halogens is 2. The fourth-order valence-electron chi connectivity index (χ4n) is 2.41. The molecule has 2 aromatic carbocycles. The number of hydrogen-bond donors (Lipinski definition) is 1. The SMILES string of the molecule is N#CC1C=C(Cl)c2c(cc(Cl)cc2C(=O)c2ccccc2)N1. The van der Waals surface area contributed by atoms with Gasteiger partial charge in [-0.05, 0) is 18.2 Å². The average Bonchev–Trinajstić information content (AvgIpc) is 2.53. The summed E-state index contributed by atoms with van der Waals surface area (Å²) < 4.78 is 0. The third kappa shape index (κ3) is 2.59. The fourth-order valence-corrected chi connectivity index (χ4v) is 2.96. The molecule has 0 amide bonds. The largest absolute Gasteiger partial charge is 0.366 e. The molecule has 22 heavy (non-hydrogen) atoms. The molecule has 1 unspecified atom stereocenters. The number of rotatable bonds is 2. The van der Waals surface area contributed by atoms with Crippen molar-refractivity contribution in [2.45, 2.75) is 6.04 Å². The van der Waals surface area contributed by atoms with Crippen LogP contribution in [0.5, 0.6) is 0 Å².